The smallest absolute Gasteiger partial charge is 0.271 e. The van der Waals surface area contributed by atoms with Crippen LogP contribution in [0.4, 0.5) is 15.8 Å². The van der Waals surface area contributed by atoms with Gasteiger partial charge in [0, 0.05) is 92.6 Å². The van der Waals surface area contributed by atoms with Crippen molar-refractivity contribution in [2.75, 3.05) is 75.8 Å². The van der Waals surface area contributed by atoms with E-state index in [0.29, 0.717) is 52.5 Å². The number of hydrogen-bond acceptors (Lipinski definition) is 10. The summed E-state index contributed by atoms with van der Waals surface area (Å²) in [5.41, 5.74) is 6.90. The summed E-state index contributed by atoms with van der Waals surface area (Å²) in [6, 6.07) is 23.5. The lowest BCUT2D eigenvalue weighted by atomic mass is 10.1. The Labute approximate surface area is 371 Å². The first-order valence-electron chi connectivity index (χ1n) is 20.7. The minimum absolute atomic E-state index is 0.189. The van der Waals surface area contributed by atoms with Gasteiger partial charge in [-0.2, -0.15) is 10.2 Å². The van der Waals surface area contributed by atoms with Crippen molar-refractivity contribution in [3.05, 3.63) is 139 Å². The van der Waals surface area contributed by atoms with E-state index in [4.69, 9.17) is 34.8 Å². The van der Waals surface area contributed by atoms with E-state index in [1.165, 1.54) is 12.1 Å². The summed E-state index contributed by atoms with van der Waals surface area (Å²) in [4.78, 5) is 34.2. The summed E-state index contributed by atoms with van der Waals surface area (Å²) < 4.78 is 13.7. The number of piperazine rings is 1. The van der Waals surface area contributed by atoms with Gasteiger partial charge in [0.1, 0.15) is 5.82 Å². The van der Waals surface area contributed by atoms with Crippen molar-refractivity contribution in [3.8, 4) is 0 Å². The SMILES string of the molecule is CN1CCN(CCNC(=O)c2cc3c(nn2)CCCN3Cc2c(Cl)cccc2Cl)CC1.O=C(NCCc1ccccc1)c1cc2c(nn1)CCCN2Cc1cc(F)ccc1Cl. The molecule has 0 spiro atoms. The number of fused-ring (bicyclic) bond motifs is 2. The molecule has 0 saturated carbocycles. The Hall–Kier alpha value is -4.92. The average molecular weight is 888 g/mol. The molecule has 0 atom stereocenters. The first-order chi connectivity index (χ1) is 29.6. The third-order valence-electron chi connectivity index (χ3n) is 11.2. The minimum Gasteiger partial charge on any atom is -0.366 e. The van der Waals surface area contributed by atoms with Crippen molar-refractivity contribution in [1.29, 1.82) is 0 Å². The lowest BCUT2D eigenvalue weighted by molar-refractivity contribution is 0.0931. The standard InChI is InChI=1S/C23H22ClFN4O.C22H28Cl2N6O/c24-19-9-8-18(25)13-17(19)15-29-12-4-7-20-22(29)14-21(28-27-20)23(30)26-11-10-16-5-2-1-3-6-16;1-28-10-12-29(13-11-28)9-7-25-22(31)20-14-21-19(26-27-20)6-3-8-30(21)15-16-17(23)4-2-5-18(16)24/h1-3,5-6,8-9,13-14H,4,7,10-12,15H2,(H,26,30);2,4-5,14H,3,6-13,15H2,1H3,(H,25,31). The number of nitrogens with zero attached hydrogens (tertiary/aromatic N) is 8. The lowest BCUT2D eigenvalue weighted by Crippen LogP contribution is -2.47. The van der Waals surface area contributed by atoms with Gasteiger partial charge < -0.3 is 25.3 Å². The molecule has 0 bridgehead atoms. The number of likely N-dealkylation sites (N-methyl/N-ethyl adjacent to an activating group) is 1. The largest absolute Gasteiger partial charge is 0.366 e. The number of halogens is 4. The molecule has 0 aliphatic carbocycles. The Morgan fingerprint density at radius 2 is 1.25 bits per heavy atom. The molecular weight excluding hydrogens is 838 g/mol. The highest BCUT2D eigenvalue weighted by molar-refractivity contribution is 6.36. The molecule has 12 nitrogen and oxygen atoms in total. The lowest BCUT2D eigenvalue weighted by Gasteiger charge is -2.32. The van der Waals surface area contributed by atoms with Crippen LogP contribution >= 0.6 is 34.8 Å². The number of aryl methyl sites for hydroxylation is 2. The van der Waals surface area contributed by atoms with E-state index in [2.05, 4.69) is 57.7 Å². The van der Waals surface area contributed by atoms with E-state index in [0.717, 1.165) is 112 Å². The third-order valence-corrected chi connectivity index (χ3v) is 12.2. The topological polar surface area (TPSA) is 123 Å². The molecule has 8 rings (SSSR count). The fourth-order valence-corrected chi connectivity index (χ4v) is 8.37. The van der Waals surface area contributed by atoms with Gasteiger partial charge in [-0.15, -0.1) is 10.2 Å². The Morgan fingerprint density at radius 1 is 0.656 bits per heavy atom. The van der Waals surface area contributed by atoms with E-state index in [1.54, 1.807) is 12.1 Å². The van der Waals surface area contributed by atoms with Crippen LogP contribution < -0.4 is 20.4 Å². The van der Waals surface area contributed by atoms with Gasteiger partial charge >= 0.3 is 0 Å². The first-order valence-corrected chi connectivity index (χ1v) is 21.9. The molecule has 2 amide bonds. The Balaban J connectivity index is 0.000000184. The molecule has 320 valence electrons. The normalized spacial score (nSPS) is 15.3. The van der Waals surface area contributed by atoms with Gasteiger partial charge in [0.15, 0.2) is 11.4 Å². The number of rotatable bonds is 12. The number of anilines is 2. The van der Waals surface area contributed by atoms with E-state index in [9.17, 15) is 14.0 Å². The van der Waals surface area contributed by atoms with Gasteiger partial charge in [0.25, 0.3) is 11.8 Å². The van der Waals surface area contributed by atoms with Crippen molar-refractivity contribution < 1.29 is 14.0 Å². The van der Waals surface area contributed by atoms with Crippen LogP contribution in [0.15, 0.2) is 78.9 Å². The summed E-state index contributed by atoms with van der Waals surface area (Å²) in [5, 5.41) is 24.6. The maximum atomic E-state index is 13.7. The number of benzene rings is 3. The zero-order valence-corrected chi connectivity index (χ0v) is 36.5. The maximum absolute atomic E-state index is 13.7. The minimum atomic E-state index is -0.321. The molecule has 2 N–H and O–H groups in total. The van der Waals surface area contributed by atoms with Gasteiger partial charge in [-0.25, -0.2) is 4.39 Å². The second-order valence-electron chi connectivity index (χ2n) is 15.5. The second-order valence-corrected chi connectivity index (χ2v) is 16.7. The molecule has 3 aromatic carbocycles. The number of carbonyl (C=O) groups is 2. The number of carbonyl (C=O) groups excluding carboxylic acids is 2. The van der Waals surface area contributed by atoms with Crippen LogP contribution in [0.5, 0.6) is 0 Å². The van der Waals surface area contributed by atoms with Crippen LogP contribution in [0, 0.1) is 5.82 Å². The van der Waals surface area contributed by atoms with E-state index >= 15 is 0 Å². The second kappa shape index (κ2) is 21.2. The molecule has 16 heteroatoms. The number of hydrogen-bond donors (Lipinski definition) is 2. The third kappa shape index (κ3) is 11.9. The van der Waals surface area contributed by atoms with E-state index in [1.807, 2.05) is 54.6 Å². The summed E-state index contributed by atoms with van der Waals surface area (Å²) in [6.07, 6.45) is 4.28. The molecule has 0 unspecified atom stereocenters. The Bertz CT molecular complexity index is 2280. The molecule has 5 heterocycles. The quantitative estimate of drug-likeness (QED) is 0.137. The van der Waals surface area contributed by atoms with E-state index < -0.39 is 0 Å². The Kier molecular flexibility index (Phi) is 15.4. The molecule has 2 aromatic heterocycles. The maximum Gasteiger partial charge on any atom is 0.271 e. The predicted octanol–water partition coefficient (Wildman–Crippen LogP) is 6.91. The van der Waals surface area contributed by atoms with Crippen LogP contribution in [0.2, 0.25) is 15.1 Å². The Morgan fingerprint density at radius 3 is 1.87 bits per heavy atom. The van der Waals surface area contributed by atoms with Gasteiger partial charge in [-0.1, -0.05) is 71.2 Å². The van der Waals surface area contributed by atoms with Crippen molar-refractivity contribution in [2.24, 2.45) is 0 Å². The molecule has 1 fully saturated rings. The zero-order valence-electron chi connectivity index (χ0n) is 34.2. The average Bonchev–Trinajstić information content (AvgIpc) is 3.27. The van der Waals surface area contributed by atoms with Crippen molar-refractivity contribution >= 4 is 58.0 Å². The predicted molar refractivity (Wildman–Crippen MR) is 239 cm³/mol. The highest BCUT2D eigenvalue weighted by Crippen LogP contribution is 2.32. The van der Waals surface area contributed by atoms with E-state index in [-0.39, 0.29) is 23.3 Å². The van der Waals surface area contributed by atoms with Crippen molar-refractivity contribution in [1.82, 2.24) is 40.8 Å². The molecule has 3 aliphatic heterocycles. The molecule has 5 aromatic rings. The summed E-state index contributed by atoms with van der Waals surface area (Å²) >= 11 is 19.0. The van der Waals surface area contributed by atoms with Gasteiger partial charge in [0.05, 0.1) is 22.8 Å². The van der Waals surface area contributed by atoms with Crippen LogP contribution in [0.25, 0.3) is 0 Å². The molecule has 0 radical (unpaired) electrons. The zero-order chi connectivity index (χ0) is 42.7. The van der Waals surface area contributed by atoms with Crippen LogP contribution in [-0.4, -0.2) is 108 Å². The monoisotopic (exact) mass is 886 g/mol. The van der Waals surface area contributed by atoms with Gasteiger partial charge in [-0.05, 0) is 92.7 Å². The summed E-state index contributed by atoms with van der Waals surface area (Å²) in [7, 11) is 2.14. The first kappa shape index (κ1) is 44.1. The van der Waals surface area contributed by atoms with Gasteiger partial charge in [0.2, 0.25) is 0 Å². The van der Waals surface area contributed by atoms with Crippen molar-refractivity contribution in [3.63, 3.8) is 0 Å². The van der Waals surface area contributed by atoms with Crippen molar-refractivity contribution in [2.45, 2.75) is 45.2 Å². The van der Waals surface area contributed by atoms with Crippen LogP contribution in [0.3, 0.4) is 0 Å². The molecule has 1 saturated heterocycles. The fourth-order valence-electron chi connectivity index (χ4n) is 7.67. The van der Waals surface area contributed by atoms with Crippen LogP contribution in [0.1, 0.15) is 61.9 Å². The fraction of sp³-hybridized carbons (Fsp3) is 0.378. The van der Waals surface area contributed by atoms with Crippen LogP contribution in [-0.2, 0) is 32.4 Å². The highest BCUT2D eigenvalue weighted by atomic mass is 35.5. The number of amides is 2. The number of aromatic nitrogens is 4. The molecular formula is C45H50Cl3FN10O2. The van der Waals surface area contributed by atoms with Gasteiger partial charge in [-0.3, -0.25) is 14.5 Å². The highest BCUT2D eigenvalue weighted by Gasteiger charge is 2.25. The molecule has 61 heavy (non-hydrogen) atoms. The molecule has 3 aliphatic rings. The number of nitrogens with one attached hydrogen (secondary N) is 2. The summed E-state index contributed by atoms with van der Waals surface area (Å²) in [5.74, 6) is -0.765. The summed E-state index contributed by atoms with van der Waals surface area (Å²) in [6.45, 7) is 8.80.